The fourth-order valence-corrected chi connectivity index (χ4v) is 3.91. The van der Waals surface area contributed by atoms with Gasteiger partial charge >= 0.3 is 12.1 Å². The summed E-state index contributed by atoms with van der Waals surface area (Å²) in [7, 11) is 1.86. The number of nitrogens with zero attached hydrogens (tertiary/aromatic N) is 2. The summed E-state index contributed by atoms with van der Waals surface area (Å²) in [5.41, 5.74) is 1.58. The quantitative estimate of drug-likeness (QED) is 0.517. The predicted molar refractivity (Wildman–Crippen MR) is 117 cm³/mol. The Kier molecular flexibility index (Phi) is 7.72. The summed E-state index contributed by atoms with van der Waals surface area (Å²) in [6, 6.07) is 10.6. The molecule has 1 aromatic carbocycles. The molecule has 0 bridgehead atoms. The maximum atomic E-state index is 12.3. The van der Waals surface area contributed by atoms with Crippen LogP contribution in [0.1, 0.15) is 9.67 Å². The van der Waals surface area contributed by atoms with E-state index in [-0.39, 0.29) is 25.7 Å². The standard InChI is InChI=1S/C20H22ClN3O6S/c1-23(8-9-29-12-18(25)26)13-2-4-14(5-3-13)24-11-15(30-20(24)28)10-22-19(27)16-6-7-17(21)31-16/h2-7,15H,8-12H2,1H3,(H,22,27)(H,25,26)/t15-/m0/s1. The molecule has 2 amide bonds. The molecule has 2 aromatic rings. The Hall–Kier alpha value is -2.82. The minimum absolute atomic E-state index is 0.202. The third-order valence-corrected chi connectivity index (χ3v) is 5.79. The Morgan fingerprint density at radius 2 is 2.06 bits per heavy atom. The number of benzene rings is 1. The van der Waals surface area contributed by atoms with Crippen LogP contribution in [0, 0.1) is 0 Å². The molecule has 2 N–H and O–H groups in total. The molecule has 1 aromatic heterocycles. The minimum atomic E-state index is -1.00. The average Bonchev–Trinajstić information content (AvgIpc) is 3.34. The van der Waals surface area contributed by atoms with Crippen molar-refractivity contribution in [2.45, 2.75) is 6.10 Å². The van der Waals surface area contributed by atoms with Crippen molar-refractivity contribution in [1.29, 1.82) is 0 Å². The lowest BCUT2D eigenvalue weighted by Gasteiger charge is -2.20. The molecule has 1 saturated heterocycles. The second kappa shape index (κ2) is 10.5. The number of rotatable bonds is 10. The number of carboxylic acids is 1. The summed E-state index contributed by atoms with van der Waals surface area (Å²) >= 11 is 7.03. The van der Waals surface area contributed by atoms with E-state index in [0.717, 1.165) is 5.69 Å². The lowest BCUT2D eigenvalue weighted by Crippen LogP contribution is -2.34. The van der Waals surface area contributed by atoms with Crippen molar-refractivity contribution in [3.63, 3.8) is 0 Å². The average molecular weight is 468 g/mol. The Bertz CT molecular complexity index is 935. The Morgan fingerprint density at radius 3 is 2.71 bits per heavy atom. The summed E-state index contributed by atoms with van der Waals surface area (Å²) in [6.07, 6.45) is -0.929. The van der Waals surface area contributed by atoms with Crippen LogP contribution in [-0.2, 0) is 14.3 Å². The van der Waals surface area contributed by atoms with Crippen LogP contribution in [0.5, 0.6) is 0 Å². The van der Waals surface area contributed by atoms with Crippen LogP contribution in [0.25, 0.3) is 0 Å². The van der Waals surface area contributed by atoms with Crippen molar-refractivity contribution in [1.82, 2.24) is 5.32 Å². The van der Waals surface area contributed by atoms with E-state index in [9.17, 15) is 14.4 Å². The van der Waals surface area contributed by atoms with Crippen molar-refractivity contribution in [3.05, 3.63) is 45.6 Å². The Balaban J connectivity index is 1.49. The Morgan fingerprint density at radius 1 is 1.32 bits per heavy atom. The number of hydrogen-bond donors (Lipinski definition) is 2. The molecule has 11 heteroatoms. The van der Waals surface area contributed by atoms with Gasteiger partial charge in [0.05, 0.1) is 28.9 Å². The second-order valence-electron chi connectivity index (χ2n) is 6.81. The van der Waals surface area contributed by atoms with Gasteiger partial charge in [-0.2, -0.15) is 0 Å². The number of carbonyl (C=O) groups excluding carboxylic acids is 2. The lowest BCUT2D eigenvalue weighted by molar-refractivity contribution is -0.142. The number of thiophene rings is 1. The van der Waals surface area contributed by atoms with Crippen LogP contribution in [0.3, 0.4) is 0 Å². The van der Waals surface area contributed by atoms with Gasteiger partial charge in [0.2, 0.25) is 0 Å². The number of halogens is 1. The maximum absolute atomic E-state index is 12.3. The van der Waals surface area contributed by atoms with E-state index in [1.807, 2.05) is 24.1 Å². The summed E-state index contributed by atoms with van der Waals surface area (Å²) in [6.45, 7) is 1.01. The molecule has 9 nitrogen and oxygen atoms in total. The third-order valence-electron chi connectivity index (χ3n) is 4.56. The van der Waals surface area contributed by atoms with Crippen LogP contribution in [0.2, 0.25) is 4.34 Å². The zero-order chi connectivity index (χ0) is 22.4. The first-order chi connectivity index (χ1) is 14.8. The molecular formula is C20H22ClN3O6S. The summed E-state index contributed by atoms with van der Waals surface area (Å²) in [4.78, 5) is 38.8. The number of nitrogens with one attached hydrogen (secondary N) is 1. The van der Waals surface area contributed by atoms with Crippen molar-refractivity contribution in [2.24, 2.45) is 0 Å². The molecule has 2 heterocycles. The van der Waals surface area contributed by atoms with E-state index in [4.69, 9.17) is 26.2 Å². The fourth-order valence-electron chi connectivity index (χ4n) is 2.95. The second-order valence-corrected chi connectivity index (χ2v) is 8.53. The number of cyclic esters (lactones) is 1. The number of carboxylic acid groups (broad SMARTS) is 1. The van der Waals surface area contributed by atoms with Crippen LogP contribution in [0.15, 0.2) is 36.4 Å². The first-order valence-corrected chi connectivity index (χ1v) is 10.7. The largest absolute Gasteiger partial charge is 0.480 e. The molecule has 1 fully saturated rings. The topological polar surface area (TPSA) is 108 Å². The number of carbonyl (C=O) groups is 3. The van der Waals surface area contributed by atoms with Gasteiger partial charge in [0.25, 0.3) is 5.91 Å². The molecule has 0 unspecified atom stereocenters. The number of anilines is 2. The van der Waals surface area contributed by atoms with E-state index in [2.05, 4.69) is 5.32 Å². The van der Waals surface area contributed by atoms with E-state index < -0.39 is 18.2 Å². The molecule has 0 spiro atoms. The van der Waals surface area contributed by atoms with Crippen LogP contribution in [0.4, 0.5) is 16.2 Å². The molecule has 31 heavy (non-hydrogen) atoms. The van der Waals surface area contributed by atoms with Crippen LogP contribution < -0.4 is 15.1 Å². The summed E-state index contributed by atoms with van der Waals surface area (Å²) in [5, 5.41) is 11.3. The predicted octanol–water partition coefficient (Wildman–Crippen LogP) is 2.69. The number of hydrogen-bond acceptors (Lipinski definition) is 7. The van der Waals surface area contributed by atoms with Gasteiger partial charge in [-0.25, -0.2) is 9.59 Å². The zero-order valence-electron chi connectivity index (χ0n) is 16.7. The monoisotopic (exact) mass is 467 g/mol. The lowest BCUT2D eigenvalue weighted by atomic mass is 10.2. The van der Waals surface area contributed by atoms with Crippen molar-refractivity contribution in [2.75, 3.05) is 49.7 Å². The minimum Gasteiger partial charge on any atom is -0.480 e. The molecule has 0 saturated carbocycles. The zero-order valence-corrected chi connectivity index (χ0v) is 18.3. The Labute approximate surface area is 188 Å². The summed E-state index contributed by atoms with van der Waals surface area (Å²) in [5.74, 6) is -1.26. The van der Waals surface area contributed by atoms with Gasteiger partial charge in [-0.3, -0.25) is 9.69 Å². The molecule has 0 aliphatic carbocycles. The van der Waals surface area contributed by atoms with Gasteiger partial charge in [0.1, 0.15) is 12.7 Å². The van der Waals surface area contributed by atoms with Gasteiger partial charge in [-0.15, -0.1) is 11.3 Å². The van der Waals surface area contributed by atoms with Crippen LogP contribution >= 0.6 is 22.9 Å². The molecule has 3 rings (SSSR count). The van der Waals surface area contributed by atoms with Crippen LogP contribution in [-0.4, -0.2) is 69.1 Å². The normalized spacial score (nSPS) is 15.6. The highest BCUT2D eigenvalue weighted by Crippen LogP contribution is 2.25. The molecule has 1 aliphatic heterocycles. The van der Waals surface area contributed by atoms with E-state index in [0.29, 0.717) is 28.0 Å². The molecule has 1 aliphatic rings. The van der Waals surface area contributed by atoms with E-state index in [1.54, 1.807) is 24.3 Å². The highest BCUT2D eigenvalue weighted by molar-refractivity contribution is 7.18. The van der Waals surface area contributed by atoms with Gasteiger partial charge in [0, 0.05) is 25.0 Å². The third kappa shape index (κ3) is 6.33. The van der Waals surface area contributed by atoms with E-state index >= 15 is 0 Å². The molecule has 1 atom stereocenters. The number of likely N-dealkylation sites (N-methyl/N-ethyl adjacent to an activating group) is 1. The SMILES string of the molecule is CN(CCOCC(=O)O)c1ccc(N2C[C@H](CNC(=O)c3ccc(Cl)s3)OC2=O)cc1. The first-order valence-electron chi connectivity index (χ1n) is 9.46. The summed E-state index contributed by atoms with van der Waals surface area (Å²) < 4.78 is 10.9. The van der Waals surface area contributed by atoms with Gasteiger partial charge in [0.15, 0.2) is 0 Å². The van der Waals surface area contributed by atoms with Crippen molar-refractivity contribution < 1.29 is 29.0 Å². The van der Waals surface area contributed by atoms with Crippen molar-refractivity contribution >= 4 is 52.3 Å². The molecule has 166 valence electrons. The number of ether oxygens (including phenoxy) is 2. The molecule has 0 radical (unpaired) electrons. The number of aliphatic carboxylic acids is 1. The van der Waals surface area contributed by atoms with Gasteiger partial charge < -0.3 is 24.8 Å². The number of amides is 2. The maximum Gasteiger partial charge on any atom is 0.414 e. The van der Waals surface area contributed by atoms with E-state index in [1.165, 1.54) is 16.2 Å². The first kappa shape index (κ1) is 22.9. The highest BCUT2D eigenvalue weighted by atomic mass is 35.5. The smallest absolute Gasteiger partial charge is 0.414 e. The van der Waals surface area contributed by atoms with Crippen molar-refractivity contribution in [3.8, 4) is 0 Å². The molecular weight excluding hydrogens is 446 g/mol. The fraction of sp³-hybridized carbons (Fsp3) is 0.350. The van der Waals surface area contributed by atoms with Gasteiger partial charge in [-0.1, -0.05) is 11.6 Å². The highest BCUT2D eigenvalue weighted by Gasteiger charge is 2.32. The van der Waals surface area contributed by atoms with Gasteiger partial charge in [-0.05, 0) is 36.4 Å².